The van der Waals surface area contributed by atoms with Crippen LogP contribution < -0.4 is 0 Å². The fraction of sp³-hybridized carbons (Fsp3) is 0.444. The number of thioether (sulfide) groups is 1. The number of rotatable bonds is 4. The van der Waals surface area contributed by atoms with Gasteiger partial charge >= 0.3 is 5.97 Å². The lowest BCUT2D eigenvalue weighted by atomic mass is 10.4. The number of aromatic nitrogens is 3. The van der Waals surface area contributed by atoms with E-state index in [1.54, 1.807) is 0 Å². The molecule has 0 aromatic carbocycles. The zero-order valence-electron chi connectivity index (χ0n) is 9.27. The lowest BCUT2D eigenvalue weighted by Gasteiger charge is -2.23. The quantitative estimate of drug-likeness (QED) is 0.824. The zero-order chi connectivity index (χ0) is 13.1. The summed E-state index contributed by atoms with van der Waals surface area (Å²) in [6.45, 7) is 0.408. The average molecular weight is 270 g/mol. The van der Waals surface area contributed by atoms with Gasteiger partial charge in [-0.25, -0.2) is 9.48 Å². The van der Waals surface area contributed by atoms with Gasteiger partial charge in [-0.3, -0.25) is 14.5 Å². The number of carboxylic acids is 1. The molecule has 0 saturated carbocycles. The highest BCUT2D eigenvalue weighted by atomic mass is 32.2. The fourth-order valence-corrected chi connectivity index (χ4v) is 2.26. The lowest BCUT2D eigenvalue weighted by molar-refractivity contribution is -0.127. The molecule has 2 rings (SSSR count). The lowest BCUT2D eigenvalue weighted by Crippen LogP contribution is -2.40. The summed E-state index contributed by atoms with van der Waals surface area (Å²) >= 11 is 1.10. The Balaban J connectivity index is 1.95. The van der Waals surface area contributed by atoms with Gasteiger partial charge in [0.1, 0.15) is 0 Å². The Bertz CT molecular complexity index is 485. The van der Waals surface area contributed by atoms with E-state index in [1.807, 2.05) is 0 Å². The first-order valence-corrected chi connectivity index (χ1v) is 6.17. The number of hydrogen-bond acceptors (Lipinski definition) is 6. The second-order valence-corrected chi connectivity index (χ2v) is 4.63. The van der Waals surface area contributed by atoms with Gasteiger partial charge < -0.3 is 5.11 Å². The standard InChI is InChI=1S/C9H10N4O4S/c14-7-1-4-18-9(17)13(7)3-2-12-5-6(8(15)16)10-11-12/h5H,1-4H2,(H,15,16). The number of imide groups is 1. The highest BCUT2D eigenvalue weighted by Gasteiger charge is 2.26. The summed E-state index contributed by atoms with van der Waals surface area (Å²) in [7, 11) is 0. The number of carbonyl (C=O) groups is 3. The number of carboxylic acid groups (broad SMARTS) is 1. The van der Waals surface area contributed by atoms with Gasteiger partial charge in [0.15, 0.2) is 5.69 Å². The first-order valence-electron chi connectivity index (χ1n) is 5.18. The summed E-state index contributed by atoms with van der Waals surface area (Å²) in [6, 6.07) is 0. The van der Waals surface area contributed by atoms with Crippen LogP contribution in [-0.2, 0) is 11.3 Å². The van der Waals surface area contributed by atoms with Crippen LogP contribution in [0.15, 0.2) is 6.20 Å². The zero-order valence-corrected chi connectivity index (χ0v) is 10.1. The summed E-state index contributed by atoms with van der Waals surface area (Å²) in [5.74, 6) is -0.861. The van der Waals surface area contributed by atoms with E-state index in [1.165, 1.54) is 10.9 Å². The third-order valence-electron chi connectivity index (χ3n) is 2.37. The number of amides is 2. The van der Waals surface area contributed by atoms with Gasteiger partial charge in [-0.1, -0.05) is 17.0 Å². The van der Waals surface area contributed by atoms with Crippen LogP contribution in [-0.4, -0.2) is 54.4 Å². The van der Waals surface area contributed by atoms with Crippen LogP contribution in [0, 0.1) is 0 Å². The Hall–Kier alpha value is -1.90. The molecule has 1 aliphatic rings. The molecule has 8 nitrogen and oxygen atoms in total. The van der Waals surface area contributed by atoms with Crippen LogP contribution >= 0.6 is 11.8 Å². The predicted octanol–water partition coefficient (Wildman–Crippen LogP) is 0.0618. The van der Waals surface area contributed by atoms with Crippen molar-refractivity contribution in [3.05, 3.63) is 11.9 Å². The molecule has 1 aromatic rings. The summed E-state index contributed by atoms with van der Waals surface area (Å²) in [6.07, 6.45) is 1.60. The molecule has 0 aliphatic carbocycles. The molecular formula is C9H10N4O4S. The molecule has 0 bridgehead atoms. The summed E-state index contributed by atoms with van der Waals surface area (Å²) in [5.41, 5.74) is -0.166. The van der Waals surface area contributed by atoms with Crippen LogP contribution in [0.5, 0.6) is 0 Å². The van der Waals surface area contributed by atoms with E-state index in [-0.39, 0.29) is 29.9 Å². The van der Waals surface area contributed by atoms with Gasteiger partial charge in [0.05, 0.1) is 12.7 Å². The number of carbonyl (C=O) groups excluding carboxylic acids is 2. The molecule has 0 atom stereocenters. The van der Waals surface area contributed by atoms with Crippen LogP contribution in [0.25, 0.3) is 0 Å². The average Bonchev–Trinajstić information content (AvgIpc) is 2.77. The van der Waals surface area contributed by atoms with Gasteiger partial charge in [-0.15, -0.1) is 5.10 Å². The maximum atomic E-state index is 11.5. The molecule has 0 spiro atoms. The topological polar surface area (TPSA) is 105 Å². The summed E-state index contributed by atoms with van der Waals surface area (Å²) < 4.78 is 1.29. The molecule has 2 amide bonds. The van der Waals surface area contributed by atoms with E-state index in [0.29, 0.717) is 12.2 Å². The Morgan fingerprint density at radius 3 is 2.83 bits per heavy atom. The second kappa shape index (κ2) is 5.17. The smallest absolute Gasteiger partial charge is 0.358 e. The molecular weight excluding hydrogens is 260 g/mol. The van der Waals surface area contributed by atoms with Crippen molar-refractivity contribution in [1.29, 1.82) is 0 Å². The summed E-state index contributed by atoms with van der Waals surface area (Å²) in [5, 5.41) is 15.4. The first-order chi connectivity index (χ1) is 8.58. The maximum Gasteiger partial charge on any atom is 0.358 e. The van der Waals surface area contributed by atoms with Gasteiger partial charge in [0.25, 0.3) is 5.24 Å². The van der Waals surface area contributed by atoms with Crippen molar-refractivity contribution < 1.29 is 19.5 Å². The molecule has 1 aromatic heterocycles. The van der Waals surface area contributed by atoms with Crippen LogP contribution in [0.4, 0.5) is 4.79 Å². The van der Waals surface area contributed by atoms with Gasteiger partial charge in [-0.05, 0) is 0 Å². The monoisotopic (exact) mass is 270 g/mol. The van der Waals surface area contributed by atoms with Gasteiger partial charge in [-0.2, -0.15) is 0 Å². The van der Waals surface area contributed by atoms with Crippen molar-refractivity contribution >= 4 is 28.9 Å². The van der Waals surface area contributed by atoms with E-state index >= 15 is 0 Å². The molecule has 1 saturated heterocycles. The number of aromatic carboxylic acids is 1. The highest BCUT2D eigenvalue weighted by molar-refractivity contribution is 8.13. The van der Waals surface area contributed by atoms with Crippen molar-refractivity contribution in [2.45, 2.75) is 13.0 Å². The number of nitrogens with zero attached hydrogens (tertiary/aromatic N) is 4. The number of hydrogen-bond donors (Lipinski definition) is 1. The third-order valence-corrected chi connectivity index (χ3v) is 3.25. The molecule has 1 N–H and O–H groups in total. The minimum absolute atomic E-state index is 0.166. The van der Waals surface area contributed by atoms with Gasteiger partial charge in [0.2, 0.25) is 5.91 Å². The van der Waals surface area contributed by atoms with Crippen molar-refractivity contribution in [3.8, 4) is 0 Å². The maximum absolute atomic E-state index is 11.5. The molecule has 9 heteroatoms. The molecule has 0 unspecified atom stereocenters. The Kier molecular flexibility index (Phi) is 3.60. The van der Waals surface area contributed by atoms with Crippen molar-refractivity contribution in [1.82, 2.24) is 19.9 Å². The summed E-state index contributed by atoms with van der Waals surface area (Å²) in [4.78, 5) is 34.7. The second-order valence-electron chi connectivity index (χ2n) is 3.58. The first kappa shape index (κ1) is 12.6. The minimum atomic E-state index is -1.16. The molecule has 1 aliphatic heterocycles. The Morgan fingerprint density at radius 1 is 1.44 bits per heavy atom. The molecule has 96 valence electrons. The van der Waals surface area contributed by atoms with Crippen LogP contribution in [0.1, 0.15) is 16.9 Å². The predicted molar refractivity (Wildman–Crippen MR) is 61.2 cm³/mol. The largest absolute Gasteiger partial charge is 0.476 e. The SMILES string of the molecule is O=C(O)c1cn(CCN2C(=O)CCSC2=O)nn1. The Morgan fingerprint density at radius 2 is 2.22 bits per heavy atom. The van der Waals surface area contributed by atoms with E-state index < -0.39 is 5.97 Å². The normalized spacial score (nSPS) is 16.1. The molecule has 2 heterocycles. The van der Waals surface area contributed by atoms with Crippen LogP contribution in [0.3, 0.4) is 0 Å². The van der Waals surface area contributed by atoms with E-state index in [4.69, 9.17) is 5.11 Å². The van der Waals surface area contributed by atoms with E-state index in [0.717, 1.165) is 16.7 Å². The van der Waals surface area contributed by atoms with Crippen LogP contribution in [0.2, 0.25) is 0 Å². The fourth-order valence-electron chi connectivity index (χ4n) is 1.46. The Labute approximate surface area is 106 Å². The van der Waals surface area contributed by atoms with E-state index in [2.05, 4.69) is 10.3 Å². The molecule has 18 heavy (non-hydrogen) atoms. The van der Waals surface area contributed by atoms with E-state index in [9.17, 15) is 14.4 Å². The van der Waals surface area contributed by atoms with Gasteiger partial charge in [0, 0.05) is 18.7 Å². The molecule has 1 fully saturated rings. The minimum Gasteiger partial charge on any atom is -0.476 e. The van der Waals surface area contributed by atoms with Crippen molar-refractivity contribution in [2.75, 3.05) is 12.3 Å². The molecule has 0 radical (unpaired) electrons. The van der Waals surface area contributed by atoms with Crippen molar-refractivity contribution in [2.24, 2.45) is 0 Å². The highest BCUT2D eigenvalue weighted by Crippen LogP contribution is 2.17. The third kappa shape index (κ3) is 2.67. The van der Waals surface area contributed by atoms with Crippen molar-refractivity contribution in [3.63, 3.8) is 0 Å².